The lowest BCUT2D eigenvalue weighted by Crippen LogP contribution is -2.52. The first-order valence-corrected chi connectivity index (χ1v) is 13.9. The van der Waals surface area contributed by atoms with Crippen LogP contribution in [0.2, 0.25) is 0 Å². The van der Waals surface area contributed by atoms with E-state index in [1.165, 1.54) is 23.1 Å². The smallest absolute Gasteiger partial charge is 0.327 e. The highest BCUT2D eigenvalue weighted by molar-refractivity contribution is 8.01. The molecule has 2 heterocycles. The third-order valence-electron chi connectivity index (χ3n) is 6.64. The maximum atomic E-state index is 13.5. The first kappa shape index (κ1) is 26.0. The molecule has 0 aliphatic carbocycles. The first-order valence-electron chi connectivity index (χ1n) is 11.8. The number of ketones is 1. The van der Waals surface area contributed by atoms with Gasteiger partial charge in [-0.05, 0) is 59.6 Å². The van der Waals surface area contributed by atoms with Gasteiger partial charge in [0.1, 0.15) is 5.60 Å². The molecule has 1 aliphatic heterocycles. The Balaban J connectivity index is 1.59. The number of thiol groups is 1. The summed E-state index contributed by atoms with van der Waals surface area (Å²) in [4.78, 5) is 33.0. The zero-order chi connectivity index (χ0) is 25.5. The van der Waals surface area contributed by atoms with Crippen molar-refractivity contribution in [3.63, 3.8) is 0 Å². The lowest BCUT2D eigenvalue weighted by atomic mass is 9.78. The van der Waals surface area contributed by atoms with E-state index in [1.807, 2.05) is 50.2 Å². The van der Waals surface area contributed by atoms with Gasteiger partial charge in [0, 0.05) is 16.2 Å². The van der Waals surface area contributed by atoms with Gasteiger partial charge in [0.25, 0.3) is 0 Å². The fraction of sp³-hybridized carbons (Fsp3) is 0.444. The summed E-state index contributed by atoms with van der Waals surface area (Å²) in [6.45, 7) is 10.4. The van der Waals surface area contributed by atoms with Crippen molar-refractivity contribution in [3.05, 3.63) is 47.5 Å². The van der Waals surface area contributed by atoms with Gasteiger partial charge in [0.05, 0.1) is 10.2 Å². The van der Waals surface area contributed by atoms with Crippen LogP contribution in [0, 0.1) is 5.92 Å². The van der Waals surface area contributed by atoms with Crippen LogP contribution >= 0.6 is 35.7 Å². The number of hydrogen-bond donors (Lipinski definition) is 2. The molecule has 2 unspecified atom stereocenters. The Bertz CT molecular complexity index is 1260. The summed E-state index contributed by atoms with van der Waals surface area (Å²) >= 11 is 7.12. The highest BCUT2D eigenvalue weighted by Gasteiger charge is 2.49. The number of hydrogen-bond acceptors (Lipinski definition) is 8. The molecule has 1 fully saturated rings. The molecule has 0 bridgehead atoms. The topological polar surface area (TPSA) is 82.3 Å². The second-order valence-corrected chi connectivity index (χ2v) is 13.3. The van der Waals surface area contributed by atoms with Crippen molar-refractivity contribution in [3.8, 4) is 0 Å². The molecule has 35 heavy (non-hydrogen) atoms. The van der Waals surface area contributed by atoms with E-state index >= 15 is 0 Å². The zero-order valence-electron chi connectivity index (χ0n) is 20.8. The maximum Gasteiger partial charge on any atom is 0.327 e. The number of ether oxygens (including phenoxy) is 1. The molecule has 0 spiro atoms. The minimum absolute atomic E-state index is 0.0159. The zero-order valence-corrected chi connectivity index (χ0v) is 23.3. The van der Waals surface area contributed by atoms with Crippen LogP contribution in [0.1, 0.15) is 58.6 Å². The quantitative estimate of drug-likeness (QED) is 0.217. The van der Waals surface area contributed by atoms with E-state index in [9.17, 15) is 9.59 Å². The van der Waals surface area contributed by atoms with Crippen molar-refractivity contribution in [2.45, 2.75) is 79.9 Å². The number of rotatable bonds is 6. The highest BCUT2D eigenvalue weighted by atomic mass is 32.2. The lowest BCUT2D eigenvalue weighted by molar-refractivity contribution is -0.176. The molecule has 2 N–H and O–H groups in total. The van der Waals surface area contributed by atoms with Crippen LogP contribution in [0.25, 0.3) is 10.2 Å². The third kappa shape index (κ3) is 5.54. The van der Waals surface area contributed by atoms with Gasteiger partial charge in [0.2, 0.25) is 0 Å². The van der Waals surface area contributed by atoms with Gasteiger partial charge in [-0.25, -0.2) is 4.98 Å². The maximum absolute atomic E-state index is 13.5. The summed E-state index contributed by atoms with van der Waals surface area (Å²) in [6, 6.07) is 12.0. The average molecular weight is 529 g/mol. The second kappa shape index (κ2) is 9.79. The number of carbonyl (C=O) groups is 2. The second-order valence-electron chi connectivity index (χ2n) is 10.6. The SMILES string of the molecule is CC(C)C1(CCc2cccc(S)c2)CC(=O)C(Sc2cc3sc(N)nc3cc2C(C)(C)C)C(=O)O1. The number of aryl methyl sites for hydroxylation is 1. The number of nitrogens with two attached hydrogens (primary N) is 1. The van der Waals surface area contributed by atoms with Gasteiger partial charge in [-0.2, -0.15) is 0 Å². The molecule has 0 saturated carbocycles. The molecule has 2 aromatic carbocycles. The number of carbonyl (C=O) groups excluding carboxylic acids is 2. The third-order valence-corrected chi connectivity index (χ3v) is 9.05. The van der Waals surface area contributed by atoms with Gasteiger partial charge >= 0.3 is 5.97 Å². The van der Waals surface area contributed by atoms with E-state index in [-0.39, 0.29) is 23.5 Å². The van der Waals surface area contributed by atoms with Gasteiger partial charge in [0.15, 0.2) is 16.2 Å². The highest BCUT2D eigenvalue weighted by Crippen LogP contribution is 2.43. The molecule has 1 aliphatic rings. The lowest BCUT2D eigenvalue weighted by Gasteiger charge is -2.41. The Morgan fingerprint density at radius 1 is 1.26 bits per heavy atom. The number of nitrogen functional groups attached to an aromatic ring is 1. The predicted octanol–water partition coefficient (Wildman–Crippen LogP) is 6.47. The monoisotopic (exact) mass is 528 g/mol. The van der Waals surface area contributed by atoms with Crippen molar-refractivity contribution in [2.24, 2.45) is 5.92 Å². The molecule has 8 heteroatoms. The van der Waals surface area contributed by atoms with Gasteiger partial charge in [-0.15, -0.1) is 24.4 Å². The van der Waals surface area contributed by atoms with E-state index in [1.54, 1.807) is 0 Å². The number of nitrogens with zero attached hydrogens (tertiary/aromatic N) is 1. The summed E-state index contributed by atoms with van der Waals surface area (Å²) < 4.78 is 7.07. The van der Waals surface area contributed by atoms with Crippen molar-refractivity contribution < 1.29 is 14.3 Å². The van der Waals surface area contributed by atoms with E-state index in [2.05, 4.69) is 38.4 Å². The standard InChI is InChI=1S/C27H32N2O3S3/c1-15(2)27(10-9-16-7-6-8-17(33)11-16)14-20(30)23(24(31)32-27)34-21-13-22-19(29-25(28)35-22)12-18(21)26(3,4)5/h6-8,11-13,15,23,33H,9-10,14H2,1-5H3,(H2,28,29). The van der Waals surface area contributed by atoms with Crippen LogP contribution in [0.3, 0.4) is 0 Å². The first-order chi connectivity index (χ1) is 16.4. The van der Waals surface area contributed by atoms with E-state index in [4.69, 9.17) is 10.5 Å². The molecule has 4 rings (SSSR count). The number of aromatic nitrogens is 1. The Morgan fingerprint density at radius 2 is 2.00 bits per heavy atom. The number of thioether (sulfide) groups is 1. The molecule has 3 aromatic rings. The van der Waals surface area contributed by atoms with E-state index in [0.717, 1.165) is 31.1 Å². The van der Waals surface area contributed by atoms with Crippen LogP contribution in [0.4, 0.5) is 5.13 Å². The molecule has 5 nitrogen and oxygen atoms in total. The van der Waals surface area contributed by atoms with Crippen LogP contribution in [-0.2, 0) is 26.2 Å². The molecule has 0 radical (unpaired) electrons. The summed E-state index contributed by atoms with van der Waals surface area (Å²) in [5.41, 5.74) is 7.92. The van der Waals surface area contributed by atoms with Crippen LogP contribution in [0.5, 0.6) is 0 Å². The summed E-state index contributed by atoms with van der Waals surface area (Å²) in [7, 11) is 0. The number of Topliss-reactive ketones (excluding diaryl/α,β-unsaturated/α-hetero) is 1. The number of benzene rings is 2. The number of cyclic esters (lactones) is 1. The van der Waals surface area contributed by atoms with Gasteiger partial charge in [-0.1, -0.05) is 58.1 Å². The summed E-state index contributed by atoms with van der Waals surface area (Å²) in [5.74, 6) is -0.513. The molecule has 0 amide bonds. The predicted molar refractivity (Wildman–Crippen MR) is 148 cm³/mol. The van der Waals surface area contributed by atoms with Gasteiger partial charge in [-0.3, -0.25) is 9.59 Å². The van der Waals surface area contributed by atoms with E-state index in [0.29, 0.717) is 18.0 Å². The van der Waals surface area contributed by atoms with Crippen molar-refractivity contribution in [1.82, 2.24) is 4.98 Å². The van der Waals surface area contributed by atoms with E-state index < -0.39 is 16.8 Å². The average Bonchev–Trinajstić information content (AvgIpc) is 3.12. The van der Waals surface area contributed by atoms with Gasteiger partial charge < -0.3 is 10.5 Å². The van der Waals surface area contributed by atoms with Crippen molar-refractivity contribution >= 4 is 62.8 Å². The Hall–Kier alpha value is -2.03. The molecule has 186 valence electrons. The van der Waals surface area contributed by atoms with Crippen molar-refractivity contribution in [2.75, 3.05) is 5.73 Å². The van der Waals surface area contributed by atoms with Crippen molar-refractivity contribution in [1.29, 1.82) is 0 Å². The van der Waals surface area contributed by atoms with Crippen LogP contribution in [0.15, 0.2) is 46.2 Å². The minimum atomic E-state index is -0.883. The van der Waals surface area contributed by atoms with Crippen LogP contribution in [-0.4, -0.2) is 27.6 Å². The minimum Gasteiger partial charge on any atom is -0.457 e. The largest absolute Gasteiger partial charge is 0.457 e. The number of thiazole rings is 1. The summed E-state index contributed by atoms with van der Waals surface area (Å²) in [6.07, 6.45) is 1.52. The van der Waals surface area contributed by atoms with Crippen LogP contribution < -0.4 is 5.73 Å². The Labute approximate surface area is 220 Å². The molecule has 2 atom stereocenters. The molecule has 1 aromatic heterocycles. The number of fused-ring (bicyclic) bond motifs is 1. The number of anilines is 1. The molecular weight excluding hydrogens is 497 g/mol. The fourth-order valence-corrected chi connectivity index (χ4v) is 6.90. The summed E-state index contributed by atoms with van der Waals surface area (Å²) in [5, 5.41) is -0.383. The normalized spacial score (nSPS) is 21.1. The Morgan fingerprint density at radius 3 is 2.63 bits per heavy atom. The number of esters is 1. The Kier molecular flexibility index (Phi) is 7.28. The molecular formula is C27H32N2O3S3. The fourth-order valence-electron chi connectivity index (χ4n) is 4.52. The molecule has 1 saturated heterocycles.